The number of para-hydroxylation sites is 3. The van der Waals surface area contributed by atoms with Crippen LogP contribution >= 0.6 is 27.5 Å². The zero-order valence-corrected chi connectivity index (χ0v) is 83.6. The molecule has 2 fully saturated rings. The number of likely N-dealkylation sites (tertiary alicyclic amines) is 1. The Balaban J connectivity index is 0.000000259. The highest BCUT2D eigenvalue weighted by Crippen LogP contribution is 2.40. The molecule has 12 rings (SSSR count). The van der Waals surface area contributed by atoms with Crippen molar-refractivity contribution >= 4 is 155 Å². The summed E-state index contributed by atoms with van der Waals surface area (Å²) in [6.07, 6.45) is 26.2. The van der Waals surface area contributed by atoms with Crippen LogP contribution < -0.4 is 43.0 Å². The highest BCUT2D eigenvalue weighted by atomic mass is 79.9. The minimum Gasteiger partial charge on any atom is -0.466 e. The maximum Gasteiger partial charge on any atom is 0.330 e. The summed E-state index contributed by atoms with van der Waals surface area (Å²) in [4.78, 5) is 220. The van der Waals surface area contributed by atoms with Crippen molar-refractivity contribution in [3.05, 3.63) is 342 Å². The van der Waals surface area contributed by atoms with Crippen LogP contribution in [0.2, 0.25) is 5.02 Å². The monoisotopic (exact) mass is 2070 g/mol. The Bertz CT molecular complexity index is 6520. The van der Waals surface area contributed by atoms with Crippen molar-refractivity contribution in [1.29, 1.82) is 0 Å². The van der Waals surface area contributed by atoms with Crippen LogP contribution in [0.3, 0.4) is 0 Å². The van der Waals surface area contributed by atoms with Crippen molar-refractivity contribution in [3.8, 4) is 0 Å². The van der Waals surface area contributed by atoms with Crippen LogP contribution in [0.25, 0.3) is 32.7 Å². The first-order valence-electron chi connectivity index (χ1n) is 45.1. The summed E-state index contributed by atoms with van der Waals surface area (Å²) in [5, 5.41) is 19.1. The number of hydrogen-bond acceptors (Lipinski definition) is 27. The summed E-state index contributed by atoms with van der Waals surface area (Å²) < 4.78 is 34.5. The number of H-pyrrole nitrogens is 1. The van der Waals surface area contributed by atoms with Gasteiger partial charge in [0, 0.05) is 188 Å². The lowest BCUT2D eigenvalue weighted by Crippen LogP contribution is -2.38. The van der Waals surface area contributed by atoms with E-state index in [0.717, 1.165) is 72.4 Å². The van der Waals surface area contributed by atoms with Crippen molar-refractivity contribution < 1.29 is 110 Å². The number of Topliss-reactive ketones (excluding diaryl/α,β-unsaturated/α-hetero) is 2. The first-order valence-corrected chi connectivity index (χ1v) is 46.2. The molecule has 7 amide bonds. The second kappa shape index (κ2) is 64.5. The molecule has 2 aliphatic rings. The Morgan fingerprint density at radius 2 is 0.910 bits per heavy atom. The van der Waals surface area contributed by atoms with Gasteiger partial charge in [-0.15, -0.1) is 0 Å². The number of benzene rings is 5. The third-order valence-electron chi connectivity index (χ3n) is 20.6. The third kappa shape index (κ3) is 43.1. The molecule has 1 aliphatic heterocycles. The summed E-state index contributed by atoms with van der Waals surface area (Å²) >= 11 is 8.94. The number of carbonyl (C=O) groups excluding carboxylic acids is 16. The average molecular weight is 2070 g/mol. The number of aromatic nitrogens is 5. The van der Waals surface area contributed by atoms with E-state index >= 15 is 0 Å². The van der Waals surface area contributed by atoms with Gasteiger partial charge in [-0.3, -0.25) is 62.3 Å². The number of fused-ring (bicyclic) bond motifs is 3. The topological polar surface area (TPSA) is 499 Å². The molecule has 10 aromatic rings. The minimum absolute atomic E-state index is 0.0147. The fraction of sp³-hybridized carbons (Fsp3) is 0.264. The number of esters is 7. The molecule has 1 saturated carbocycles. The Morgan fingerprint density at radius 3 is 1.43 bits per heavy atom. The lowest BCUT2D eigenvalue weighted by molar-refractivity contribution is -0.135. The van der Waals surface area contributed by atoms with Gasteiger partial charge in [0.2, 0.25) is 29.5 Å². The molecule has 7 N–H and O–H groups in total. The predicted molar refractivity (Wildman–Crippen MR) is 546 cm³/mol. The largest absolute Gasteiger partial charge is 0.466 e. The van der Waals surface area contributed by atoms with Crippen LogP contribution in [0.4, 0.5) is 0 Å². The first kappa shape index (κ1) is 117. The standard InChI is InChI=1S/C18H18N2O3.C17H18N2O4.C17H20N2O4.C16H17NO3.C15H16BrNO4.C12H14N2O4.C11H11ClN2O3/c1-23-17(21)7-4-10-19-18(22)14-11-16(12-8-9-12)20-15-6-3-2-5-13(14)15;1-12-10-16(21)19(14-7-4-3-6-13(12)14)11-15(20)18-9-5-8-17(22)23-2;1-23-17(22)8-5-9-18-15(20)12-19-11-14(10-16(19)21)13-6-3-2-4-7-13;1-11-12-7-3-4-8-13(12)17-16(11)14(18)9-5-6-10-15(19)20-2;1-21-15(20)7-4-10-17-14(19)9-8-13(18)11-5-2-3-6-12(11)16;1-18-12(17)6-4-7-13-10(15)9-14-8-3-2-5-11(14)16;1-17-10(15)3-2-6-13-11(16)9-5-4-8(12)7-14-9/h2-7,11-12H,8-10H2,1H3,(H,19,22);3-8,10H,9,11H2,1-2H3,(H,18,20);2-8,14H,9-12H2,1H3,(H,18,20);3-4,6-8,10,17H,5,9H2,1-2H3;2-7H,8-10H2,1H3,(H,17,19);2-6,8H,7,9H2,1H3,(H,13,15);2-5,7H,6H2,1H3,(H,13,16)/b7-4+;2*8-5+;10-6+;7-4+;6-4+;3-2+. The summed E-state index contributed by atoms with van der Waals surface area (Å²) in [5.74, 6) is -4.29. The molecular weight excluding hydrogens is 1960 g/mol. The van der Waals surface area contributed by atoms with Gasteiger partial charge in [0.15, 0.2) is 11.6 Å². The van der Waals surface area contributed by atoms with Crippen LogP contribution in [0.15, 0.2) is 281 Å². The van der Waals surface area contributed by atoms with Gasteiger partial charge in [-0.1, -0.05) is 179 Å². The first-order chi connectivity index (χ1) is 69.7. The molecule has 0 bridgehead atoms. The van der Waals surface area contributed by atoms with E-state index in [1.165, 1.54) is 162 Å². The number of methoxy groups -OCH3 is 7. The number of ether oxygens (including phenoxy) is 7. The number of pyridine rings is 4. The van der Waals surface area contributed by atoms with E-state index in [1.807, 2.05) is 129 Å². The zero-order valence-electron chi connectivity index (χ0n) is 81.3. The van der Waals surface area contributed by atoms with Gasteiger partial charge in [0.05, 0.1) is 83.6 Å². The molecule has 0 radical (unpaired) electrons. The van der Waals surface area contributed by atoms with Crippen molar-refractivity contribution in [1.82, 2.24) is 60.9 Å². The fourth-order valence-electron chi connectivity index (χ4n) is 13.1. The molecule has 37 nitrogen and oxygen atoms in total. The predicted octanol–water partition coefficient (Wildman–Crippen LogP) is 10.9. The van der Waals surface area contributed by atoms with E-state index in [4.69, 9.17) is 11.6 Å². The smallest absolute Gasteiger partial charge is 0.330 e. The molecule has 145 heavy (non-hydrogen) atoms. The van der Waals surface area contributed by atoms with Crippen molar-refractivity contribution in [3.63, 3.8) is 0 Å². The summed E-state index contributed by atoms with van der Waals surface area (Å²) in [7, 11) is 9.03. The second-order valence-corrected chi connectivity index (χ2v) is 32.2. The van der Waals surface area contributed by atoms with Crippen molar-refractivity contribution in [2.75, 3.05) is 102 Å². The van der Waals surface area contributed by atoms with Gasteiger partial charge < -0.3 is 79.5 Å². The summed E-state index contributed by atoms with van der Waals surface area (Å²) in [5.41, 5.74) is 8.13. The van der Waals surface area contributed by atoms with Gasteiger partial charge >= 0.3 is 41.8 Å². The number of ketones is 2. The van der Waals surface area contributed by atoms with E-state index in [0.29, 0.717) is 53.6 Å². The number of carbonyl (C=O) groups is 16. The van der Waals surface area contributed by atoms with E-state index in [9.17, 15) is 86.3 Å². The number of aryl methyl sites for hydroxylation is 2. The van der Waals surface area contributed by atoms with Gasteiger partial charge in [-0.05, 0) is 98.3 Å². The number of halogens is 2. The van der Waals surface area contributed by atoms with Crippen molar-refractivity contribution in [2.45, 2.75) is 83.7 Å². The van der Waals surface area contributed by atoms with Crippen molar-refractivity contribution in [2.24, 2.45) is 0 Å². The maximum atomic E-state index is 12.5. The van der Waals surface area contributed by atoms with E-state index in [1.54, 1.807) is 53.5 Å². The molecule has 6 heterocycles. The Labute approximate surface area is 849 Å². The fourth-order valence-corrected chi connectivity index (χ4v) is 13.7. The molecule has 39 heteroatoms. The lowest BCUT2D eigenvalue weighted by atomic mass is 9.99. The molecule has 5 aromatic heterocycles. The number of allylic oxidation sites excluding steroid dienone is 1. The summed E-state index contributed by atoms with van der Waals surface area (Å²) in [6.45, 7) is 5.58. The molecule has 1 aliphatic carbocycles. The van der Waals surface area contributed by atoms with Crippen LogP contribution in [0, 0.1) is 13.8 Å². The number of nitrogens with zero attached hydrogens (tertiary/aromatic N) is 5. The van der Waals surface area contributed by atoms with Gasteiger partial charge in [-0.25, -0.2) is 38.5 Å². The van der Waals surface area contributed by atoms with Crippen LogP contribution in [-0.2, 0) is 104 Å². The number of hydrogen-bond donors (Lipinski definition) is 7. The summed E-state index contributed by atoms with van der Waals surface area (Å²) in [6, 6.07) is 51.0. The second-order valence-electron chi connectivity index (χ2n) is 30.9. The zero-order chi connectivity index (χ0) is 106. The molecule has 762 valence electrons. The molecule has 5 aromatic carbocycles. The van der Waals surface area contributed by atoms with Crippen LogP contribution in [0.1, 0.15) is 121 Å². The molecular formula is C106H114BrClN12O25. The number of rotatable bonds is 37. The van der Waals surface area contributed by atoms with Gasteiger partial charge in [-0.2, -0.15) is 0 Å². The number of nitrogens with one attached hydrogen (secondary N) is 7. The SMILES string of the molecule is COC(=O)/C=C/CCC(=O)c1[nH]c2ccccc2c1C.COC(=O)/C=C/CNC(=O)CCC(=O)c1ccccc1Br.COC(=O)/C=C/CNC(=O)CN1CC(c2ccccc2)CC1=O.COC(=O)/C=C/CNC(=O)Cn1c(=O)cc(C)c2ccccc21.COC(=O)/C=C/CNC(=O)Cn1ccccc1=O.COC(=O)/C=C/CNC(=O)c1cc(C2CC2)nc2ccccc12.COC(=O)/C=C/CNC(=O)c1ccc(Cl)cn1. The lowest BCUT2D eigenvalue weighted by Gasteiger charge is -2.16. The molecule has 1 atom stereocenters. The van der Waals surface area contributed by atoms with E-state index in [-0.39, 0.29) is 147 Å². The Morgan fingerprint density at radius 1 is 0.441 bits per heavy atom. The normalized spacial score (nSPS) is 12.3. The number of amides is 7. The quantitative estimate of drug-likeness (QED) is 0.00823. The van der Waals surface area contributed by atoms with Gasteiger partial charge in [0.1, 0.15) is 18.8 Å². The van der Waals surface area contributed by atoms with Crippen LogP contribution in [0.5, 0.6) is 0 Å². The van der Waals surface area contributed by atoms with E-state index < -0.39 is 41.8 Å². The van der Waals surface area contributed by atoms with E-state index in [2.05, 4.69) is 95.9 Å². The third-order valence-corrected chi connectivity index (χ3v) is 21.6. The maximum absolute atomic E-state index is 12.5. The van der Waals surface area contributed by atoms with Crippen LogP contribution in [-0.4, -0.2) is 226 Å². The Kier molecular flexibility index (Phi) is 52.1. The molecule has 1 saturated heterocycles. The minimum atomic E-state index is -0.486. The highest BCUT2D eigenvalue weighted by Gasteiger charge is 2.32. The highest BCUT2D eigenvalue weighted by molar-refractivity contribution is 9.10. The molecule has 1 unspecified atom stereocenters. The average Bonchev–Trinajstić information content (AvgIpc) is 1.64. The molecule has 0 spiro atoms. The Hall–Kier alpha value is -16.8. The number of aromatic amines is 1. The van der Waals surface area contributed by atoms with Gasteiger partial charge in [0.25, 0.3) is 22.9 Å².